The average Bonchev–Trinajstić information content (AvgIpc) is 3.73. The van der Waals surface area contributed by atoms with E-state index in [0.717, 1.165) is 12.7 Å². The lowest BCUT2D eigenvalue weighted by Crippen LogP contribution is -2.34. The molecule has 0 spiro atoms. The summed E-state index contributed by atoms with van der Waals surface area (Å²) < 4.78 is 92.6. The van der Waals surface area contributed by atoms with E-state index in [9.17, 15) is 14.0 Å². The number of halogens is 2. The number of nitrogens with two attached hydrogens (primary N) is 2. The van der Waals surface area contributed by atoms with Crippen LogP contribution in [0.4, 0.5) is 20.4 Å². The van der Waals surface area contributed by atoms with Crippen LogP contribution < -0.4 is 11.5 Å². The molecule has 3 aliphatic rings. The number of nitrogens with zero attached hydrogens (tertiary/aromatic N) is 8. The van der Waals surface area contributed by atoms with Crippen molar-refractivity contribution in [2.45, 2.75) is 49.2 Å². The molecule has 0 saturated carbocycles. The molecule has 24 heteroatoms. The predicted octanol–water partition coefficient (Wildman–Crippen LogP) is 0.496. The number of phosphoric ester groups is 1. The summed E-state index contributed by atoms with van der Waals surface area (Å²) in [5.74, 6) is 0.0269. The van der Waals surface area contributed by atoms with Crippen LogP contribution in [0.2, 0.25) is 0 Å². The molecule has 2 unspecified atom stereocenters. The number of anilines is 2. The minimum atomic E-state index is -5.14. The van der Waals surface area contributed by atoms with Crippen molar-refractivity contribution < 1.29 is 50.4 Å². The van der Waals surface area contributed by atoms with Crippen LogP contribution in [0.5, 0.6) is 0 Å². The molecule has 232 valence electrons. The van der Waals surface area contributed by atoms with Gasteiger partial charge in [0.1, 0.15) is 48.1 Å². The summed E-state index contributed by atoms with van der Waals surface area (Å²) in [5.41, 5.74) is 12.1. The number of ether oxygens (including phenoxy) is 2. The molecule has 2 radical (unpaired) electrons. The lowest BCUT2D eigenvalue weighted by molar-refractivity contribution is -0.0630. The van der Waals surface area contributed by atoms with Gasteiger partial charge in [0.05, 0.1) is 25.9 Å². The van der Waals surface area contributed by atoms with E-state index < -0.39 is 77.7 Å². The number of aromatic nitrogens is 8. The summed E-state index contributed by atoms with van der Waals surface area (Å²) in [6, 6.07) is 0. The van der Waals surface area contributed by atoms with Crippen LogP contribution in [-0.2, 0) is 36.7 Å². The van der Waals surface area contributed by atoms with Gasteiger partial charge in [-0.1, -0.05) is 0 Å². The van der Waals surface area contributed by atoms with Gasteiger partial charge in [-0.25, -0.2) is 43.2 Å². The van der Waals surface area contributed by atoms with Gasteiger partial charge in [0.15, 0.2) is 47.7 Å². The summed E-state index contributed by atoms with van der Waals surface area (Å²) in [5, 5.41) is 0. The summed E-state index contributed by atoms with van der Waals surface area (Å²) in [6.45, 7) is -1.66. The van der Waals surface area contributed by atoms with Crippen LogP contribution in [0.15, 0.2) is 25.3 Å². The number of hydrogen-bond donors (Lipinski definition) is 3. The zero-order valence-electron chi connectivity index (χ0n) is 22.0. The van der Waals surface area contributed by atoms with Gasteiger partial charge in [-0.2, -0.15) is 0 Å². The summed E-state index contributed by atoms with van der Waals surface area (Å²) in [4.78, 5) is 34.5. The van der Waals surface area contributed by atoms with Crippen molar-refractivity contribution in [1.82, 2.24) is 39.0 Å². The van der Waals surface area contributed by atoms with E-state index >= 15 is 8.78 Å². The van der Waals surface area contributed by atoms with Crippen LogP contribution in [0, 0.1) is 0 Å². The maximum Gasteiger partial charge on any atom is 0.472 e. The third-order valence-corrected chi connectivity index (χ3v) is 9.23. The Morgan fingerprint density at radius 1 is 0.795 bits per heavy atom. The van der Waals surface area contributed by atoms with Crippen molar-refractivity contribution in [3.8, 4) is 0 Å². The molecule has 5 N–H and O–H groups in total. The molecule has 0 amide bonds. The molecule has 7 heterocycles. The molecular formula is C20H21BF2N10O9P2. The Hall–Kier alpha value is -3.20. The molecule has 0 aromatic carbocycles. The summed E-state index contributed by atoms with van der Waals surface area (Å²) in [6.07, 6.45) is -9.36. The molecule has 19 nitrogen and oxygen atoms in total. The first-order chi connectivity index (χ1) is 20.9. The summed E-state index contributed by atoms with van der Waals surface area (Å²) in [7, 11) is -4.02. The minimum Gasteiger partial charge on any atom is -0.382 e. The molecular weight excluding hydrogens is 635 g/mol. The maximum absolute atomic E-state index is 15.9. The van der Waals surface area contributed by atoms with Crippen molar-refractivity contribution in [2.75, 3.05) is 24.7 Å². The van der Waals surface area contributed by atoms with E-state index in [1.807, 2.05) is 0 Å². The van der Waals surface area contributed by atoms with Gasteiger partial charge in [-0.15, -0.1) is 0 Å². The lowest BCUT2D eigenvalue weighted by atomic mass is 10.1. The monoisotopic (exact) mass is 656 g/mol. The third-order valence-electron chi connectivity index (χ3n) is 7.20. The molecule has 2 bridgehead atoms. The molecule has 7 rings (SSSR count). The quantitative estimate of drug-likeness (QED) is 0.196. The fraction of sp³-hybridized carbons (Fsp3) is 0.500. The van der Waals surface area contributed by atoms with Crippen LogP contribution in [0.25, 0.3) is 22.3 Å². The van der Waals surface area contributed by atoms with Gasteiger partial charge >= 0.3 is 7.82 Å². The van der Waals surface area contributed by atoms with Gasteiger partial charge in [-0.05, 0) is 0 Å². The molecule has 10 atom stereocenters. The van der Waals surface area contributed by atoms with Crippen LogP contribution in [0.1, 0.15) is 12.5 Å². The minimum absolute atomic E-state index is 0.00983. The van der Waals surface area contributed by atoms with E-state index in [0.29, 0.717) is 0 Å². The molecule has 0 aliphatic carbocycles. The normalized spacial score (nSPS) is 38.2. The number of rotatable bonds is 2. The Bertz CT molecular complexity index is 1840. The second-order valence-electron chi connectivity index (χ2n) is 9.92. The Morgan fingerprint density at radius 3 is 2.00 bits per heavy atom. The zero-order chi connectivity index (χ0) is 31.0. The largest absolute Gasteiger partial charge is 0.472 e. The van der Waals surface area contributed by atoms with E-state index in [-0.39, 0.29) is 34.0 Å². The van der Waals surface area contributed by atoms with E-state index in [2.05, 4.69) is 29.9 Å². The highest BCUT2D eigenvalue weighted by Gasteiger charge is 2.54. The second kappa shape index (κ2) is 10.7. The number of imidazole rings is 2. The number of nitrogen functional groups attached to an aromatic ring is 2. The van der Waals surface area contributed by atoms with E-state index in [1.165, 1.54) is 21.8 Å². The van der Waals surface area contributed by atoms with E-state index in [1.54, 1.807) is 0 Å². The number of alkyl halides is 2. The van der Waals surface area contributed by atoms with Gasteiger partial charge in [-0.3, -0.25) is 22.7 Å². The topological polar surface area (TPSA) is 249 Å². The van der Waals surface area contributed by atoms with Crippen LogP contribution >= 0.6 is 15.3 Å². The first-order valence-electron chi connectivity index (χ1n) is 12.7. The van der Waals surface area contributed by atoms with Crippen LogP contribution in [-0.4, -0.2) is 101 Å². The van der Waals surface area contributed by atoms with Crippen molar-refractivity contribution in [1.29, 1.82) is 0 Å². The third kappa shape index (κ3) is 5.05. The van der Waals surface area contributed by atoms with Gasteiger partial charge in [0.25, 0.3) is 7.47 Å². The molecule has 3 saturated heterocycles. The number of hydrogen-bond acceptors (Lipinski definition) is 16. The molecule has 4 aromatic rings. The Balaban J connectivity index is 1.20. The Morgan fingerprint density at radius 2 is 1.36 bits per heavy atom. The molecule has 3 fully saturated rings. The molecule has 3 aliphatic heterocycles. The highest BCUT2D eigenvalue weighted by Crippen LogP contribution is 2.54. The van der Waals surface area contributed by atoms with E-state index in [4.69, 9.17) is 46.6 Å². The van der Waals surface area contributed by atoms with Gasteiger partial charge in [0.2, 0.25) is 7.57 Å². The second-order valence-corrected chi connectivity index (χ2v) is 12.9. The zero-order valence-corrected chi connectivity index (χ0v) is 23.8. The predicted molar refractivity (Wildman–Crippen MR) is 142 cm³/mol. The first kappa shape index (κ1) is 29.5. The highest BCUT2D eigenvalue weighted by molar-refractivity contribution is 7.79. The number of phosphoric acid groups is 1. The lowest BCUT2D eigenvalue weighted by Gasteiger charge is -2.26. The van der Waals surface area contributed by atoms with Crippen LogP contribution in [0.3, 0.4) is 0 Å². The van der Waals surface area contributed by atoms with Crippen molar-refractivity contribution >= 4 is 56.8 Å². The van der Waals surface area contributed by atoms with Crippen molar-refractivity contribution in [3.05, 3.63) is 25.3 Å². The SMILES string of the molecule is [B]P1(=O)OC[C@H]2O[C@@H](n3cnc4c(N)ncnc43)[C@H](OP(=O)(O)OC[C@H]3O[C@@H](n4cnc5c(N)ncnc54)[C@H](F)[C@@H]3O1)[C@H]2F. The number of fused-ring (bicyclic) bond motifs is 5. The standard InChI is InChI=1S/C20H21BF2N10O9P2/c21-43(34)37-1-7-9(22)14(20(39-7)33-6-31-12-16(25)27-4-29-18(12)33)42-44(35,36)38-2-8-13(41-43)10(23)19(40-8)32-5-30-11-15(24)26-3-28-17(11)32/h3-10,13-14,19-20H,1-2H2,(H,35,36)(H2,24,26,28)(H2,25,27,29)/t7-,8-,9+,10-,13-,14-,19-,20-,43?/m1/s1. The van der Waals surface area contributed by atoms with Crippen molar-refractivity contribution in [2.24, 2.45) is 0 Å². The van der Waals surface area contributed by atoms with Gasteiger partial charge < -0.3 is 34.9 Å². The Labute approximate surface area is 245 Å². The van der Waals surface area contributed by atoms with Crippen molar-refractivity contribution in [3.63, 3.8) is 0 Å². The summed E-state index contributed by atoms with van der Waals surface area (Å²) >= 11 is 0. The van der Waals surface area contributed by atoms with Gasteiger partial charge in [0, 0.05) is 0 Å². The maximum atomic E-state index is 15.9. The Kier molecular flexibility index (Phi) is 7.18. The molecule has 44 heavy (non-hydrogen) atoms. The molecule has 4 aromatic heterocycles. The smallest absolute Gasteiger partial charge is 0.382 e. The fourth-order valence-electron chi connectivity index (χ4n) is 5.19. The first-order valence-corrected chi connectivity index (χ1v) is 15.9. The average molecular weight is 656 g/mol. The fourth-order valence-corrected chi connectivity index (χ4v) is 7.12. The highest BCUT2D eigenvalue weighted by atomic mass is 31.2.